The van der Waals surface area contributed by atoms with Crippen molar-refractivity contribution in [3.8, 4) is 11.1 Å². The Labute approximate surface area is 130 Å². The zero-order valence-electron chi connectivity index (χ0n) is 11.5. The standard InChI is InChI=1S/C20H15Cl/c21-20-14-12-19(13-15-20)18-10-8-17(9-11-18)7-6-16-4-2-1-3-5-16/h1-15H. The molecule has 0 saturated carbocycles. The van der Waals surface area contributed by atoms with Crippen LogP contribution in [0.5, 0.6) is 0 Å². The first-order chi connectivity index (χ1) is 10.3. The van der Waals surface area contributed by atoms with E-state index in [1.807, 2.05) is 42.5 Å². The van der Waals surface area contributed by atoms with Gasteiger partial charge in [0.25, 0.3) is 0 Å². The topological polar surface area (TPSA) is 0 Å². The van der Waals surface area contributed by atoms with Crippen LogP contribution in [0, 0.1) is 0 Å². The molecule has 0 aromatic heterocycles. The lowest BCUT2D eigenvalue weighted by Gasteiger charge is -2.02. The van der Waals surface area contributed by atoms with Crippen molar-refractivity contribution in [3.63, 3.8) is 0 Å². The summed E-state index contributed by atoms with van der Waals surface area (Å²) in [6, 6.07) is 26.7. The second-order valence-electron chi connectivity index (χ2n) is 4.87. The van der Waals surface area contributed by atoms with Crippen LogP contribution in [0.1, 0.15) is 11.1 Å². The molecule has 0 aliphatic carbocycles. The molecule has 102 valence electrons. The Morgan fingerprint density at radius 3 is 1.57 bits per heavy atom. The molecule has 0 heterocycles. The predicted molar refractivity (Wildman–Crippen MR) is 92.3 cm³/mol. The first-order valence-electron chi connectivity index (χ1n) is 6.90. The van der Waals surface area contributed by atoms with Gasteiger partial charge in [-0.1, -0.05) is 90.5 Å². The highest BCUT2D eigenvalue weighted by Gasteiger charge is 1.97. The van der Waals surface area contributed by atoms with Gasteiger partial charge in [-0.2, -0.15) is 0 Å². The molecule has 3 rings (SSSR count). The highest BCUT2D eigenvalue weighted by Crippen LogP contribution is 2.22. The summed E-state index contributed by atoms with van der Waals surface area (Å²) >= 11 is 5.91. The number of rotatable bonds is 3. The fourth-order valence-electron chi connectivity index (χ4n) is 2.19. The van der Waals surface area contributed by atoms with Crippen LogP contribution in [-0.2, 0) is 0 Å². The van der Waals surface area contributed by atoms with Gasteiger partial charge in [0.15, 0.2) is 0 Å². The quantitative estimate of drug-likeness (QED) is 0.505. The smallest absolute Gasteiger partial charge is 0.0406 e. The summed E-state index contributed by atoms with van der Waals surface area (Å²) in [5.74, 6) is 0. The Morgan fingerprint density at radius 1 is 0.524 bits per heavy atom. The van der Waals surface area contributed by atoms with Gasteiger partial charge in [-0.3, -0.25) is 0 Å². The summed E-state index contributed by atoms with van der Waals surface area (Å²) in [6.45, 7) is 0. The molecule has 1 heteroatoms. The Morgan fingerprint density at radius 2 is 1.00 bits per heavy atom. The molecule has 0 aliphatic rings. The van der Waals surface area contributed by atoms with E-state index < -0.39 is 0 Å². The monoisotopic (exact) mass is 290 g/mol. The predicted octanol–water partition coefficient (Wildman–Crippen LogP) is 6.18. The molecule has 0 bridgehead atoms. The van der Waals surface area contributed by atoms with Crippen molar-refractivity contribution in [3.05, 3.63) is 95.0 Å². The molecule has 0 unspecified atom stereocenters. The third-order valence-corrected chi connectivity index (χ3v) is 3.61. The summed E-state index contributed by atoms with van der Waals surface area (Å²) in [7, 11) is 0. The Balaban J connectivity index is 1.78. The Kier molecular flexibility index (Phi) is 4.18. The van der Waals surface area contributed by atoms with Crippen molar-refractivity contribution in [1.29, 1.82) is 0 Å². The molecule has 0 amide bonds. The van der Waals surface area contributed by atoms with Gasteiger partial charge in [-0.25, -0.2) is 0 Å². The molecule has 3 aromatic carbocycles. The summed E-state index contributed by atoms with van der Waals surface area (Å²) in [6.07, 6.45) is 4.25. The Bertz CT molecular complexity index is 723. The summed E-state index contributed by atoms with van der Waals surface area (Å²) in [5.41, 5.74) is 4.78. The van der Waals surface area contributed by atoms with Crippen molar-refractivity contribution in [2.24, 2.45) is 0 Å². The van der Waals surface area contributed by atoms with E-state index in [2.05, 4.69) is 48.6 Å². The molecular weight excluding hydrogens is 276 g/mol. The van der Waals surface area contributed by atoms with E-state index in [0.717, 1.165) is 5.02 Å². The van der Waals surface area contributed by atoms with Crippen molar-refractivity contribution in [2.45, 2.75) is 0 Å². The van der Waals surface area contributed by atoms with E-state index in [1.165, 1.54) is 22.3 Å². The summed E-state index contributed by atoms with van der Waals surface area (Å²) in [5, 5.41) is 0.765. The maximum Gasteiger partial charge on any atom is 0.0406 e. The molecule has 0 saturated heterocycles. The van der Waals surface area contributed by atoms with Gasteiger partial charge in [-0.05, 0) is 34.4 Å². The maximum atomic E-state index is 5.91. The lowest BCUT2D eigenvalue weighted by Crippen LogP contribution is -1.78. The summed E-state index contributed by atoms with van der Waals surface area (Å²) < 4.78 is 0. The lowest BCUT2D eigenvalue weighted by atomic mass is 10.0. The minimum Gasteiger partial charge on any atom is -0.0843 e. The van der Waals surface area contributed by atoms with E-state index in [1.54, 1.807) is 0 Å². The normalized spacial score (nSPS) is 10.9. The van der Waals surface area contributed by atoms with Gasteiger partial charge in [0, 0.05) is 5.02 Å². The van der Waals surface area contributed by atoms with Crippen molar-refractivity contribution in [1.82, 2.24) is 0 Å². The molecule has 0 atom stereocenters. The molecule has 21 heavy (non-hydrogen) atoms. The van der Waals surface area contributed by atoms with E-state index in [9.17, 15) is 0 Å². The third kappa shape index (κ3) is 3.62. The number of hydrogen-bond donors (Lipinski definition) is 0. The van der Waals surface area contributed by atoms with E-state index in [-0.39, 0.29) is 0 Å². The van der Waals surface area contributed by atoms with Crippen LogP contribution in [0.15, 0.2) is 78.9 Å². The fraction of sp³-hybridized carbons (Fsp3) is 0. The molecule has 0 radical (unpaired) electrons. The van der Waals surface area contributed by atoms with Crippen LogP contribution in [0.2, 0.25) is 5.02 Å². The molecule has 3 aromatic rings. The minimum absolute atomic E-state index is 0.765. The third-order valence-electron chi connectivity index (χ3n) is 3.36. The van der Waals surface area contributed by atoms with Gasteiger partial charge in [0.1, 0.15) is 0 Å². The SMILES string of the molecule is Clc1ccc(-c2ccc(C=Cc3ccccc3)cc2)cc1. The van der Waals surface area contributed by atoms with Crippen LogP contribution >= 0.6 is 11.6 Å². The number of halogens is 1. The van der Waals surface area contributed by atoms with Crippen LogP contribution in [-0.4, -0.2) is 0 Å². The first kappa shape index (κ1) is 13.7. The molecule has 0 spiro atoms. The highest BCUT2D eigenvalue weighted by molar-refractivity contribution is 6.30. The number of hydrogen-bond acceptors (Lipinski definition) is 0. The molecule has 0 nitrogen and oxygen atoms in total. The first-order valence-corrected chi connectivity index (χ1v) is 7.28. The largest absolute Gasteiger partial charge is 0.0843 e. The minimum atomic E-state index is 0.765. The molecule has 0 N–H and O–H groups in total. The van der Waals surface area contributed by atoms with Crippen LogP contribution in [0.3, 0.4) is 0 Å². The van der Waals surface area contributed by atoms with Gasteiger partial charge in [0.2, 0.25) is 0 Å². The average molecular weight is 291 g/mol. The zero-order chi connectivity index (χ0) is 14.5. The van der Waals surface area contributed by atoms with Gasteiger partial charge < -0.3 is 0 Å². The van der Waals surface area contributed by atoms with Crippen LogP contribution < -0.4 is 0 Å². The second kappa shape index (κ2) is 6.43. The van der Waals surface area contributed by atoms with E-state index in [4.69, 9.17) is 11.6 Å². The number of benzene rings is 3. The Hall–Kier alpha value is -2.31. The lowest BCUT2D eigenvalue weighted by molar-refractivity contribution is 1.60. The van der Waals surface area contributed by atoms with Crippen LogP contribution in [0.25, 0.3) is 23.3 Å². The van der Waals surface area contributed by atoms with Crippen molar-refractivity contribution < 1.29 is 0 Å². The van der Waals surface area contributed by atoms with Gasteiger partial charge in [-0.15, -0.1) is 0 Å². The zero-order valence-corrected chi connectivity index (χ0v) is 12.3. The molecule has 0 aliphatic heterocycles. The maximum absolute atomic E-state index is 5.91. The molecular formula is C20H15Cl. The molecule has 0 fully saturated rings. The summed E-state index contributed by atoms with van der Waals surface area (Å²) in [4.78, 5) is 0. The second-order valence-corrected chi connectivity index (χ2v) is 5.31. The van der Waals surface area contributed by atoms with E-state index >= 15 is 0 Å². The highest BCUT2D eigenvalue weighted by atomic mass is 35.5. The fourth-order valence-corrected chi connectivity index (χ4v) is 2.31. The van der Waals surface area contributed by atoms with Crippen molar-refractivity contribution >= 4 is 23.8 Å². The van der Waals surface area contributed by atoms with Crippen LogP contribution in [0.4, 0.5) is 0 Å². The average Bonchev–Trinajstić information content (AvgIpc) is 2.55. The van der Waals surface area contributed by atoms with Crippen molar-refractivity contribution in [2.75, 3.05) is 0 Å². The van der Waals surface area contributed by atoms with Gasteiger partial charge >= 0.3 is 0 Å². The van der Waals surface area contributed by atoms with E-state index in [0.29, 0.717) is 0 Å². The van der Waals surface area contributed by atoms with Gasteiger partial charge in [0.05, 0.1) is 0 Å².